The summed E-state index contributed by atoms with van der Waals surface area (Å²) in [6, 6.07) is 0. The van der Waals surface area contributed by atoms with Gasteiger partial charge in [-0.1, -0.05) is 0 Å². The Bertz CT molecular complexity index is 547. The highest BCUT2D eigenvalue weighted by atomic mass is 31.2. The second-order valence-electron chi connectivity index (χ2n) is 11.6. The lowest BCUT2D eigenvalue weighted by molar-refractivity contribution is -0.114. The van der Waals surface area contributed by atoms with Gasteiger partial charge in [-0.2, -0.15) is 0 Å². The lowest BCUT2D eigenvalue weighted by Crippen LogP contribution is -2.43. The van der Waals surface area contributed by atoms with Crippen LogP contribution in [0.5, 0.6) is 0 Å². The van der Waals surface area contributed by atoms with E-state index in [4.69, 9.17) is 18.9 Å². The minimum atomic E-state index is -3.92. The van der Waals surface area contributed by atoms with Gasteiger partial charge < -0.3 is 23.8 Å². The van der Waals surface area contributed by atoms with Crippen LogP contribution in [-0.2, 0) is 23.5 Å². The molecule has 6 nitrogen and oxygen atoms in total. The molecule has 2 unspecified atom stereocenters. The van der Waals surface area contributed by atoms with Crippen LogP contribution in [0.1, 0.15) is 110 Å². The Morgan fingerprint density at radius 3 is 1.10 bits per heavy atom. The highest BCUT2D eigenvalue weighted by Crippen LogP contribution is 2.65. The minimum absolute atomic E-state index is 0.0944. The number of hydrogen-bond donors (Lipinski definition) is 1. The predicted octanol–water partition coefficient (Wildman–Crippen LogP) is 6.73. The molecule has 31 heavy (non-hydrogen) atoms. The maximum atomic E-state index is 13.7. The molecule has 0 aliphatic carbocycles. The molecule has 0 saturated carbocycles. The molecule has 0 bridgehead atoms. The Kier molecular flexibility index (Phi) is 11.0. The van der Waals surface area contributed by atoms with E-state index in [2.05, 4.69) is 0 Å². The molecule has 0 aromatic carbocycles. The third-order valence-corrected chi connectivity index (χ3v) is 8.24. The van der Waals surface area contributed by atoms with E-state index in [-0.39, 0.29) is 24.4 Å². The molecular weight excluding hydrogens is 415 g/mol. The van der Waals surface area contributed by atoms with Crippen LogP contribution in [0.4, 0.5) is 0 Å². The smallest absolute Gasteiger partial charge is 0.261 e. The molecule has 0 spiro atoms. The molecule has 0 aliphatic heterocycles. The van der Waals surface area contributed by atoms with Crippen molar-refractivity contribution in [1.82, 2.24) is 0 Å². The summed E-state index contributed by atoms with van der Waals surface area (Å²) in [6.45, 7) is 26.5. The van der Waals surface area contributed by atoms with Gasteiger partial charge in [0.25, 0.3) is 7.37 Å². The summed E-state index contributed by atoms with van der Waals surface area (Å²) in [4.78, 5) is 11.2. The normalized spacial score (nSPS) is 18.4. The Labute approximate surface area is 192 Å². The lowest BCUT2D eigenvalue weighted by atomic mass is 10.0. The molecule has 0 rings (SSSR count). The van der Waals surface area contributed by atoms with Crippen LogP contribution in [0.3, 0.4) is 0 Å². The van der Waals surface area contributed by atoms with Crippen LogP contribution in [0.25, 0.3) is 0 Å². The van der Waals surface area contributed by atoms with Gasteiger partial charge in [-0.05, 0) is 96.9 Å². The molecule has 0 aromatic heterocycles. The zero-order chi connectivity index (χ0) is 25.1. The van der Waals surface area contributed by atoms with E-state index in [1.54, 1.807) is 27.7 Å². The van der Waals surface area contributed by atoms with E-state index >= 15 is 0 Å². The van der Waals surface area contributed by atoms with E-state index in [1.165, 1.54) is 0 Å². The van der Waals surface area contributed by atoms with Crippen molar-refractivity contribution in [3.05, 3.63) is 0 Å². The van der Waals surface area contributed by atoms with Crippen molar-refractivity contribution >= 4 is 7.37 Å². The van der Waals surface area contributed by atoms with Gasteiger partial charge in [0.05, 0.1) is 35.6 Å². The lowest BCUT2D eigenvalue weighted by Gasteiger charge is -2.43. The molecular formula is C24H51O6P. The van der Waals surface area contributed by atoms with Crippen molar-refractivity contribution in [2.24, 2.45) is 0 Å². The molecule has 7 heteroatoms. The molecule has 0 radical (unpaired) electrons. The maximum Gasteiger partial charge on any atom is 0.261 e. The summed E-state index contributed by atoms with van der Waals surface area (Å²) in [6.07, 6.45) is 0.862. The van der Waals surface area contributed by atoms with Crippen LogP contribution >= 0.6 is 7.37 Å². The van der Waals surface area contributed by atoms with Crippen LogP contribution in [0, 0.1) is 0 Å². The molecule has 0 saturated heterocycles. The molecule has 1 N–H and O–H groups in total. The zero-order valence-electron chi connectivity index (χ0n) is 22.7. The van der Waals surface area contributed by atoms with E-state index in [0.29, 0.717) is 12.8 Å². The highest BCUT2D eigenvalue weighted by molar-refractivity contribution is 7.60. The summed E-state index contributed by atoms with van der Waals surface area (Å²) in [5, 5.41) is -2.57. The molecule has 0 amide bonds. The van der Waals surface area contributed by atoms with Gasteiger partial charge in [0.15, 0.2) is 0 Å². The van der Waals surface area contributed by atoms with E-state index in [0.717, 1.165) is 0 Å². The van der Waals surface area contributed by atoms with Crippen molar-refractivity contribution in [3.63, 3.8) is 0 Å². The van der Waals surface area contributed by atoms with Crippen molar-refractivity contribution in [2.75, 3.05) is 0 Å². The topological polar surface area (TPSA) is 74.2 Å². The summed E-state index contributed by atoms with van der Waals surface area (Å²) in [5.41, 5.74) is -0.794. The molecule has 0 heterocycles. The fraction of sp³-hybridized carbons (Fsp3) is 1.00. The fourth-order valence-electron chi connectivity index (χ4n) is 4.62. The van der Waals surface area contributed by atoms with Crippen LogP contribution in [0.15, 0.2) is 0 Å². The summed E-state index contributed by atoms with van der Waals surface area (Å²) in [5.74, 6) is 0. The summed E-state index contributed by atoms with van der Waals surface area (Å²) < 4.78 is 37.9. The van der Waals surface area contributed by atoms with Crippen LogP contribution < -0.4 is 0 Å². The molecule has 2 atom stereocenters. The third-order valence-electron chi connectivity index (χ3n) is 5.11. The minimum Gasteiger partial charge on any atom is -0.373 e. The molecule has 0 aliphatic rings. The number of hydrogen-bond acceptors (Lipinski definition) is 5. The van der Waals surface area contributed by atoms with Gasteiger partial charge in [0.1, 0.15) is 10.7 Å². The predicted molar refractivity (Wildman–Crippen MR) is 129 cm³/mol. The van der Waals surface area contributed by atoms with Crippen LogP contribution in [-0.4, -0.2) is 51.2 Å². The summed E-state index contributed by atoms with van der Waals surface area (Å²) in [7, 11) is -3.92. The average molecular weight is 467 g/mol. The first-order valence-corrected chi connectivity index (χ1v) is 13.2. The van der Waals surface area contributed by atoms with Gasteiger partial charge >= 0.3 is 0 Å². The highest BCUT2D eigenvalue weighted by Gasteiger charge is 2.54. The monoisotopic (exact) mass is 466 g/mol. The Balaban J connectivity index is 5.30. The van der Waals surface area contributed by atoms with Crippen molar-refractivity contribution in [2.45, 2.75) is 156 Å². The molecule has 0 aromatic rings. The maximum absolute atomic E-state index is 13.7. The number of rotatable bonds is 14. The quantitative estimate of drug-likeness (QED) is 0.286. The second-order valence-corrected chi connectivity index (χ2v) is 14.9. The van der Waals surface area contributed by atoms with Gasteiger partial charge in [-0.25, -0.2) is 0 Å². The standard InChI is InChI=1S/C24H51O6P/c1-17(2)27-21(7,8)15-19(5)29-23(11,12)31(25,26)24(13,14)30-20(6)16-22(9,10)28-18(3)4/h17-20H,15-16H2,1-14H3,(H,25,26). The van der Waals surface area contributed by atoms with Crippen molar-refractivity contribution < 1.29 is 28.4 Å². The van der Waals surface area contributed by atoms with Gasteiger partial charge in [0.2, 0.25) is 0 Å². The Morgan fingerprint density at radius 1 is 0.613 bits per heavy atom. The van der Waals surface area contributed by atoms with E-state index in [9.17, 15) is 9.46 Å². The van der Waals surface area contributed by atoms with Gasteiger partial charge in [0, 0.05) is 12.8 Å². The Hall–Kier alpha value is 0.0300. The SMILES string of the molecule is CC(C)OC(C)(C)CC(C)OC(C)(C)P(=O)(O)C(C)(C)OC(C)CC(C)(C)OC(C)C. The fourth-order valence-corrected chi connectivity index (χ4v) is 6.56. The summed E-state index contributed by atoms with van der Waals surface area (Å²) >= 11 is 0. The van der Waals surface area contributed by atoms with Gasteiger partial charge in [-0.15, -0.1) is 0 Å². The number of ether oxygens (including phenoxy) is 4. The third kappa shape index (κ3) is 10.2. The second kappa shape index (κ2) is 11.0. The van der Waals surface area contributed by atoms with Crippen molar-refractivity contribution in [3.8, 4) is 0 Å². The van der Waals surface area contributed by atoms with Gasteiger partial charge in [-0.3, -0.25) is 4.57 Å². The van der Waals surface area contributed by atoms with E-state index < -0.39 is 29.3 Å². The molecule has 188 valence electrons. The van der Waals surface area contributed by atoms with Crippen LogP contribution in [0.2, 0.25) is 0 Å². The zero-order valence-corrected chi connectivity index (χ0v) is 23.6. The first-order valence-electron chi connectivity index (χ1n) is 11.6. The molecule has 0 fully saturated rings. The largest absolute Gasteiger partial charge is 0.373 e. The van der Waals surface area contributed by atoms with Crippen molar-refractivity contribution in [1.29, 1.82) is 0 Å². The average Bonchev–Trinajstić information content (AvgIpc) is 2.39. The first-order chi connectivity index (χ1) is 13.5. The first kappa shape index (κ1) is 31.0. The Morgan fingerprint density at radius 2 is 0.871 bits per heavy atom. The van der Waals surface area contributed by atoms with E-state index in [1.807, 2.05) is 69.2 Å².